The summed E-state index contributed by atoms with van der Waals surface area (Å²) in [4.78, 5) is 26.5. The van der Waals surface area contributed by atoms with E-state index in [2.05, 4.69) is 4.98 Å². The quantitative estimate of drug-likeness (QED) is 0.789. The van der Waals surface area contributed by atoms with Crippen LogP contribution in [0.3, 0.4) is 0 Å². The summed E-state index contributed by atoms with van der Waals surface area (Å²) >= 11 is 0. The number of nitrogens with zero attached hydrogens (tertiary/aromatic N) is 1. The highest BCUT2D eigenvalue weighted by Gasteiger charge is 2.12. The summed E-state index contributed by atoms with van der Waals surface area (Å²) in [5.41, 5.74) is 2.19. The van der Waals surface area contributed by atoms with E-state index in [4.69, 9.17) is 14.2 Å². The number of pyridine rings is 1. The molecule has 1 heterocycles. The molecule has 0 bridgehead atoms. The molecule has 0 saturated carbocycles. The summed E-state index contributed by atoms with van der Waals surface area (Å²) in [7, 11) is 1.57. The van der Waals surface area contributed by atoms with Gasteiger partial charge < -0.3 is 14.2 Å². The van der Waals surface area contributed by atoms with Gasteiger partial charge in [0.25, 0.3) is 0 Å². The van der Waals surface area contributed by atoms with Gasteiger partial charge in [0.1, 0.15) is 19.0 Å². The van der Waals surface area contributed by atoms with E-state index in [1.165, 1.54) is 13.8 Å². The van der Waals surface area contributed by atoms with Gasteiger partial charge in [-0.3, -0.25) is 14.6 Å². The van der Waals surface area contributed by atoms with E-state index in [0.29, 0.717) is 11.3 Å². The number of carbonyl (C=O) groups excluding carboxylic acids is 2. The highest BCUT2D eigenvalue weighted by atomic mass is 16.5. The summed E-state index contributed by atoms with van der Waals surface area (Å²) in [6, 6.07) is 5.44. The molecule has 6 heteroatoms. The van der Waals surface area contributed by atoms with Crippen molar-refractivity contribution in [3.8, 4) is 5.75 Å². The Morgan fingerprint density at radius 3 is 2.41 bits per heavy atom. The van der Waals surface area contributed by atoms with Crippen LogP contribution in [-0.4, -0.2) is 24.0 Å². The van der Waals surface area contributed by atoms with Crippen molar-refractivity contribution in [3.05, 3.63) is 35.5 Å². The molecular formula is C16H17NO5. The highest BCUT2D eigenvalue weighted by molar-refractivity contribution is 5.84. The molecule has 2 rings (SSSR count). The Balaban J connectivity index is 2.49. The van der Waals surface area contributed by atoms with E-state index in [1.54, 1.807) is 19.4 Å². The lowest BCUT2D eigenvalue weighted by Gasteiger charge is -2.13. The highest BCUT2D eigenvalue weighted by Crippen LogP contribution is 2.26. The van der Waals surface area contributed by atoms with Crippen LogP contribution in [0, 0.1) is 0 Å². The molecule has 22 heavy (non-hydrogen) atoms. The number of aromatic nitrogens is 1. The fourth-order valence-corrected chi connectivity index (χ4v) is 2.04. The van der Waals surface area contributed by atoms with Crippen molar-refractivity contribution in [2.45, 2.75) is 27.1 Å². The molecule has 0 aliphatic carbocycles. The Labute approximate surface area is 128 Å². The molecule has 0 N–H and O–H groups in total. The lowest BCUT2D eigenvalue weighted by molar-refractivity contribution is -0.143. The molecule has 1 aromatic carbocycles. The fraction of sp³-hybridized carbons (Fsp3) is 0.312. The first-order valence-corrected chi connectivity index (χ1v) is 6.72. The Morgan fingerprint density at radius 2 is 1.77 bits per heavy atom. The molecule has 0 spiro atoms. The molecule has 0 radical (unpaired) electrons. The van der Waals surface area contributed by atoms with E-state index in [9.17, 15) is 9.59 Å². The van der Waals surface area contributed by atoms with Gasteiger partial charge in [0.15, 0.2) is 0 Å². The summed E-state index contributed by atoms with van der Waals surface area (Å²) in [5, 5.41) is 0.797. The van der Waals surface area contributed by atoms with Crippen LogP contribution in [0.25, 0.3) is 10.9 Å². The molecule has 0 atom stereocenters. The number of carbonyl (C=O) groups is 2. The molecule has 0 aliphatic rings. The van der Waals surface area contributed by atoms with Crippen molar-refractivity contribution in [1.29, 1.82) is 0 Å². The minimum atomic E-state index is -0.385. The first-order chi connectivity index (χ1) is 10.5. The maximum atomic E-state index is 11.1. The fourth-order valence-electron chi connectivity index (χ4n) is 2.04. The zero-order valence-electron chi connectivity index (χ0n) is 12.7. The first-order valence-electron chi connectivity index (χ1n) is 6.72. The van der Waals surface area contributed by atoms with Crippen LogP contribution in [0.15, 0.2) is 24.4 Å². The zero-order valence-corrected chi connectivity index (χ0v) is 12.7. The summed E-state index contributed by atoms with van der Waals surface area (Å²) < 4.78 is 15.4. The monoisotopic (exact) mass is 303 g/mol. The van der Waals surface area contributed by atoms with Gasteiger partial charge in [0.05, 0.1) is 12.6 Å². The molecule has 0 fully saturated rings. The maximum Gasteiger partial charge on any atom is 0.302 e. The molecule has 0 aliphatic heterocycles. The van der Waals surface area contributed by atoms with Gasteiger partial charge in [0.2, 0.25) is 0 Å². The summed E-state index contributed by atoms with van der Waals surface area (Å²) in [6.45, 7) is 2.84. The van der Waals surface area contributed by atoms with Crippen LogP contribution < -0.4 is 4.74 Å². The smallest absolute Gasteiger partial charge is 0.302 e. The van der Waals surface area contributed by atoms with Crippen LogP contribution in [-0.2, 0) is 32.3 Å². The van der Waals surface area contributed by atoms with Gasteiger partial charge in [-0.15, -0.1) is 0 Å². The predicted octanol–water partition coefficient (Wildman–Crippen LogP) is 2.37. The topological polar surface area (TPSA) is 74.7 Å². The van der Waals surface area contributed by atoms with Crippen molar-refractivity contribution < 1.29 is 23.8 Å². The van der Waals surface area contributed by atoms with Gasteiger partial charge in [-0.1, -0.05) is 0 Å². The molecule has 2 aromatic rings. The molecular weight excluding hydrogens is 286 g/mol. The van der Waals surface area contributed by atoms with Crippen molar-refractivity contribution in [2.75, 3.05) is 7.11 Å². The normalized spacial score (nSPS) is 10.3. The maximum absolute atomic E-state index is 11.1. The SMILES string of the molecule is COc1ccc2ncc(COC(C)=O)c(COC(C)=O)c2c1. The zero-order chi connectivity index (χ0) is 16.1. The van der Waals surface area contributed by atoms with Crippen molar-refractivity contribution >= 4 is 22.8 Å². The van der Waals surface area contributed by atoms with E-state index >= 15 is 0 Å². The molecule has 116 valence electrons. The average Bonchev–Trinajstić information content (AvgIpc) is 2.50. The minimum Gasteiger partial charge on any atom is -0.497 e. The number of methoxy groups -OCH3 is 1. The van der Waals surface area contributed by atoms with E-state index in [0.717, 1.165) is 16.5 Å². The molecule has 0 saturated heterocycles. The van der Waals surface area contributed by atoms with Crippen LogP contribution >= 0.6 is 0 Å². The second-order valence-corrected chi connectivity index (χ2v) is 4.71. The molecule has 0 amide bonds. The number of hydrogen-bond acceptors (Lipinski definition) is 6. The van der Waals surface area contributed by atoms with Crippen LogP contribution in [0.4, 0.5) is 0 Å². The predicted molar refractivity (Wildman–Crippen MR) is 79.2 cm³/mol. The molecule has 6 nitrogen and oxygen atoms in total. The number of hydrogen-bond donors (Lipinski definition) is 0. The van der Waals surface area contributed by atoms with Crippen molar-refractivity contribution in [2.24, 2.45) is 0 Å². The Bertz CT molecular complexity index is 711. The van der Waals surface area contributed by atoms with Crippen molar-refractivity contribution in [1.82, 2.24) is 4.98 Å². The number of rotatable bonds is 5. The van der Waals surface area contributed by atoms with Crippen LogP contribution in [0.1, 0.15) is 25.0 Å². The lowest BCUT2D eigenvalue weighted by Crippen LogP contribution is -2.07. The Kier molecular flexibility index (Phi) is 4.93. The van der Waals surface area contributed by atoms with Crippen molar-refractivity contribution in [3.63, 3.8) is 0 Å². The van der Waals surface area contributed by atoms with E-state index in [-0.39, 0.29) is 25.2 Å². The number of fused-ring (bicyclic) bond motifs is 1. The standard InChI is InChI=1S/C16H17NO5/c1-10(18)21-8-12-7-17-16-5-4-13(20-3)6-14(16)15(12)9-22-11(2)19/h4-7H,8-9H2,1-3H3. The second kappa shape index (κ2) is 6.89. The third kappa shape index (κ3) is 3.72. The second-order valence-electron chi connectivity index (χ2n) is 4.71. The third-order valence-corrected chi connectivity index (χ3v) is 3.13. The van der Waals surface area contributed by atoms with Gasteiger partial charge in [-0.2, -0.15) is 0 Å². The average molecular weight is 303 g/mol. The molecule has 1 aromatic heterocycles. The van der Waals surface area contributed by atoms with E-state index < -0.39 is 0 Å². The number of esters is 2. The van der Waals surface area contributed by atoms with Gasteiger partial charge in [-0.25, -0.2) is 0 Å². The van der Waals surface area contributed by atoms with Gasteiger partial charge in [0, 0.05) is 36.6 Å². The number of ether oxygens (including phenoxy) is 3. The van der Waals surface area contributed by atoms with Gasteiger partial charge >= 0.3 is 11.9 Å². The van der Waals surface area contributed by atoms with E-state index in [1.807, 2.05) is 12.1 Å². The molecule has 0 unspecified atom stereocenters. The minimum absolute atomic E-state index is 0.0755. The Hall–Kier alpha value is -2.63. The first kappa shape index (κ1) is 15.8. The van der Waals surface area contributed by atoms with Gasteiger partial charge in [-0.05, 0) is 18.2 Å². The lowest BCUT2D eigenvalue weighted by atomic mass is 10.0. The summed E-state index contributed by atoms with van der Waals surface area (Å²) in [6.07, 6.45) is 1.62. The summed E-state index contributed by atoms with van der Waals surface area (Å²) in [5.74, 6) is -0.0986. The largest absolute Gasteiger partial charge is 0.497 e. The van der Waals surface area contributed by atoms with Crippen LogP contribution in [0.5, 0.6) is 5.75 Å². The number of benzene rings is 1. The third-order valence-electron chi connectivity index (χ3n) is 3.13. The Morgan fingerprint density at radius 1 is 1.09 bits per heavy atom. The van der Waals surface area contributed by atoms with Crippen LogP contribution in [0.2, 0.25) is 0 Å².